The molecule has 0 saturated carbocycles. The van der Waals surface area contributed by atoms with Crippen LogP contribution in [-0.2, 0) is 9.53 Å². The maximum Gasteiger partial charge on any atom is 0.255 e. The number of amides is 2. The van der Waals surface area contributed by atoms with Gasteiger partial charge in [0, 0.05) is 29.2 Å². The Kier molecular flexibility index (Phi) is 9.13. The number of morpholine rings is 1. The molecule has 0 unspecified atom stereocenters. The van der Waals surface area contributed by atoms with Gasteiger partial charge in [-0.3, -0.25) is 14.6 Å². The summed E-state index contributed by atoms with van der Waals surface area (Å²) in [6, 6.07) is 12.5. The van der Waals surface area contributed by atoms with E-state index in [0.717, 1.165) is 23.5 Å². The number of anilines is 1. The minimum Gasteiger partial charge on any atom is -0.494 e. The number of benzene rings is 2. The molecule has 0 aromatic heterocycles. The van der Waals surface area contributed by atoms with Crippen LogP contribution in [0.1, 0.15) is 30.1 Å². The predicted molar refractivity (Wildman–Crippen MR) is 129 cm³/mol. The van der Waals surface area contributed by atoms with Gasteiger partial charge in [-0.05, 0) is 55.6 Å². The van der Waals surface area contributed by atoms with E-state index in [9.17, 15) is 9.59 Å². The second-order valence-corrected chi connectivity index (χ2v) is 8.32. The van der Waals surface area contributed by atoms with Crippen molar-refractivity contribution >= 4 is 41.7 Å². The van der Waals surface area contributed by atoms with Gasteiger partial charge >= 0.3 is 0 Å². The number of aliphatic imine (C=N–C) groups is 1. The van der Waals surface area contributed by atoms with Gasteiger partial charge in [0.2, 0.25) is 5.91 Å². The third-order valence-electron chi connectivity index (χ3n) is 4.99. The number of carbonyl (C=O) groups is 2. The highest BCUT2D eigenvalue weighted by atomic mass is 32.2. The van der Waals surface area contributed by atoms with Crippen molar-refractivity contribution in [3.05, 3.63) is 48.0 Å². The zero-order valence-electron chi connectivity index (χ0n) is 18.3. The zero-order valence-corrected chi connectivity index (χ0v) is 19.2. The van der Waals surface area contributed by atoms with Crippen molar-refractivity contribution in [3.8, 4) is 5.75 Å². The van der Waals surface area contributed by atoms with E-state index in [1.807, 2.05) is 6.07 Å². The fourth-order valence-corrected chi connectivity index (χ4v) is 4.07. The molecule has 1 aliphatic heterocycles. The standard InChI is InChI=1S/C24H29N3O4S/c1-3-4-13-31-20-8-5-18(6-9-20)24(29)26-19-7-10-21(25-2)22(16-19)32-17-23(28)27-11-14-30-15-12-27/h5-10,16H,2-4,11-15,17H2,1H3,(H,26,29). The first-order valence-corrected chi connectivity index (χ1v) is 11.7. The lowest BCUT2D eigenvalue weighted by atomic mass is 10.2. The zero-order chi connectivity index (χ0) is 22.8. The van der Waals surface area contributed by atoms with E-state index >= 15 is 0 Å². The molecule has 0 radical (unpaired) electrons. The first-order chi connectivity index (χ1) is 15.6. The van der Waals surface area contributed by atoms with Gasteiger partial charge in [0.1, 0.15) is 5.75 Å². The number of rotatable bonds is 10. The summed E-state index contributed by atoms with van der Waals surface area (Å²) in [6.45, 7) is 8.76. The molecule has 0 aliphatic carbocycles. The first-order valence-electron chi connectivity index (χ1n) is 10.7. The summed E-state index contributed by atoms with van der Waals surface area (Å²) in [7, 11) is 0. The van der Waals surface area contributed by atoms with Crippen LogP contribution in [0.2, 0.25) is 0 Å². The summed E-state index contributed by atoms with van der Waals surface area (Å²) in [6.07, 6.45) is 2.07. The number of nitrogens with zero attached hydrogens (tertiary/aromatic N) is 2. The minimum absolute atomic E-state index is 0.0593. The van der Waals surface area contributed by atoms with Gasteiger partial charge in [0.25, 0.3) is 5.91 Å². The molecule has 2 amide bonds. The Morgan fingerprint density at radius 3 is 2.62 bits per heavy atom. The first kappa shape index (κ1) is 23.8. The molecular formula is C24H29N3O4S. The SMILES string of the molecule is C=Nc1ccc(NC(=O)c2ccc(OCCCC)cc2)cc1SCC(=O)N1CCOCC1. The number of unbranched alkanes of at least 4 members (excludes halogenated alkanes) is 1. The van der Waals surface area contributed by atoms with E-state index in [2.05, 4.69) is 24.0 Å². The topological polar surface area (TPSA) is 80.2 Å². The molecule has 170 valence electrons. The largest absolute Gasteiger partial charge is 0.494 e. The van der Waals surface area contributed by atoms with E-state index in [1.165, 1.54) is 11.8 Å². The highest BCUT2D eigenvalue weighted by Gasteiger charge is 2.18. The number of hydrogen-bond acceptors (Lipinski definition) is 6. The third-order valence-corrected chi connectivity index (χ3v) is 6.02. The summed E-state index contributed by atoms with van der Waals surface area (Å²) < 4.78 is 10.9. The highest BCUT2D eigenvalue weighted by Crippen LogP contribution is 2.32. The number of ether oxygens (including phenoxy) is 2. The Balaban J connectivity index is 1.60. The van der Waals surface area contributed by atoms with Crippen molar-refractivity contribution in [2.24, 2.45) is 4.99 Å². The van der Waals surface area contributed by atoms with Crippen molar-refractivity contribution in [2.45, 2.75) is 24.7 Å². The number of carbonyl (C=O) groups excluding carboxylic acids is 2. The van der Waals surface area contributed by atoms with Gasteiger partial charge in [-0.25, -0.2) is 0 Å². The molecule has 2 aromatic rings. The van der Waals surface area contributed by atoms with Gasteiger partial charge in [-0.15, -0.1) is 11.8 Å². The van der Waals surface area contributed by atoms with Gasteiger partial charge < -0.3 is 19.7 Å². The molecule has 8 heteroatoms. The van der Waals surface area contributed by atoms with Crippen molar-refractivity contribution < 1.29 is 19.1 Å². The molecule has 1 N–H and O–H groups in total. The summed E-state index contributed by atoms with van der Waals surface area (Å²) in [5.74, 6) is 0.883. The van der Waals surface area contributed by atoms with E-state index in [0.29, 0.717) is 55.6 Å². The van der Waals surface area contributed by atoms with E-state index in [4.69, 9.17) is 9.47 Å². The normalized spacial score (nSPS) is 13.5. The van der Waals surface area contributed by atoms with Crippen LogP contribution < -0.4 is 10.1 Å². The molecule has 0 bridgehead atoms. The Hall–Kier alpha value is -2.84. The lowest BCUT2D eigenvalue weighted by Crippen LogP contribution is -2.41. The number of thioether (sulfide) groups is 1. The molecule has 7 nitrogen and oxygen atoms in total. The number of nitrogens with one attached hydrogen (secondary N) is 1. The molecule has 1 heterocycles. The van der Waals surface area contributed by atoms with Crippen LogP contribution in [0, 0.1) is 0 Å². The molecule has 0 spiro atoms. The molecule has 32 heavy (non-hydrogen) atoms. The van der Waals surface area contributed by atoms with Crippen LogP contribution in [-0.4, -0.2) is 62.1 Å². The highest BCUT2D eigenvalue weighted by molar-refractivity contribution is 8.00. The van der Waals surface area contributed by atoms with Crippen molar-refractivity contribution in [1.29, 1.82) is 0 Å². The lowest BCUT2D eigenvalue weighted by Gasteiger charge is -2.26. The van der Waals surface area contributed by atoms with Crippen LogP contribution in [0.25, 0.3) is 0 Å². The summed E-state index contributed by atoms with van der Waals surface area (Å²) in [4.78, 5) is 31.7. The maximum absolute atomic E-state index is 12.7. The van der Waals surface area contributed by atoms with E-state index in [1.54, 1.807) is 41.3 Å². The van der Waals surface area contributed by atoms with Crippen LogP contribution in [0.5, 0.6) is 5.75 Å². The van der Waals surface area contributed by atoms with Crippen LogP contribution in [0.3, 0.4) is 0 Å². The fourth-order valence-electron chi connectivity index (χ4n) is 3.12. The lowest BCUT2D eigenvalue weighted by molar-refractivity contribution is -0.132. The molecule has 1 aliphatic rings. The Labute approximate surface area is 193 Å². The maximum atomic E-state index is 12.7. The molecule has 0 atom stereocenters. The molecular weight excluding hydrogens is 426 g/mol. The molecule has 3 rings (SSSR count). The summed E-state index contributed by atoms with van der Waals surface area (Å²) in [5.41, 5.74) is 1.85. The van der Waals surface area contributed by atoms with E-state index in [-0.39, 0.29) is 11.8 Å². The minimum atomic E-state index is -0.218. The van der Waals surface area contributed by atoms with Crippen LogP contribution in [0.4, 0.5) is 11.4 Å². The van der Waals surface area contributed by atoms with Crippen molar-refractivity contribution in [3.63, 3.8) is 0 Å². The average molecular weight is 456 g/mol. The van der Waals surface area contributed by atoms with Gasteiger partial charge in [-0.1, -0.05) is 13.3 Å². The Bertz CT molecular complexity index is 927. The van der Waals surface area contributed by atoms with Crippen LogP contribution in [0.15, 0.2) is 52.4 Å². The summed E-state index contributed by atoms with van der Waals surface area (Å²) >= 11 is 1.39. The van der Waals surface area contributed by atoms with Gasteiger partial charge in [0.15, 0.2) is 0 Å². The Morgan fingerprint density at radius 2 is 1.94 bits per heavy atom. The van der Waals surface area contributed by atoms with Crippen molar-refractivity contribution in [1.82, 2.24) is 4.90 Å². The number of hydrogen-bond donors (Lipinski definition) is 1. The predicted octanol–water partition coefficient (Wildman–Crippen LogP) is 4.40. The molecule has 2 aromatic carbocycles. The monoisotopic (exact) mass is 455 g/mol. The van der Waals surface area contributed by atoms with Gasteiger partial charge in [-0.2, -0.15) is 0 Å². The second-order valence-electron chi connectivity index (χ2n) is 7.30. The summed E-state index contributed by atoms with van der Waals surface area (Å²) in [5, 5.41) is 2.91. The second kappa shape index (κ2) is 12.3. The third kappa shape index (κ3) is 6.83. The average Bonchev–Trinajstić information content (AvgIpc) is 2.83. The Morgan fingerprint density at radius 1 is 1.19 bits per heavy atom. The smallest absolute Gasteiger partial charge is 0.255 e. The van der Waals surface area contributed by atoms with Gasteiger partial charge in [0.05, 0.1) is 31.3 Å². The quantitative estimate of drug-likeness (QED) is 0.326. The molecule has 1 fully saturated rings. The fraction of sp³-hybridized carbons (Fsp3) is 0.375. The van der Waals surface area contributed by atoms with E-state index < -0.39 is 0 Å². The molecule has 1 saturated heterocycles. The van der Waals surface area contributed by atoms with Crippen molar-refractivity contribution in [2.75, 3.05) is 44.0 Å². The van der Waals surface area contributed by atoms with Crippen LogP contribution >= 0.6 is 11.8 Å².